The van der Waals surface area contributed by atoms with Crippen molar-refractivity contribution in [2.24, 2.45) is 0 Å². The van der Waals surface area contributed by atoms with Gasteiger partial charge in [-0.25, -0.2) is 0 Å². The Bertz CT molecular complexity index is 711. The van der Waals surface area contributed by atoms with Gasteiger partial charge in [-0.05, 0) is 22.6 Å². The molecule has 5 N–H and O–H groups in total. The predicted molar refractivity (Wildman–Crippen MR) is 81.3 cm³/mol. The summed E-state index contributed by atoms with van der Waals surface area (Å²) in [6.45, 7) is -0.239. The van der Waals surface area contributed by atoms with Crippen molar-refractivity contribution in [1.82, 2.24) is 9.55 Å². The molecule has 1 aliphatic heterocycles. The van der Waals surface area contributed by atoms with Crippen molar-refractivity contribution >= 4 is 39.3 Å². The zero-order valence-corrected chi connectivity index (χ0v) is 12.6. The molecular formula is C12H14IN3O4. The summed E-state index contributed by atoms with van der Waals surface area (Å²) in [6, 6.07) is 1.67. The average Bonchev–Trinajstić information content (AvgIpc) is 2.90. The summed E-state index contributed by atoms with van der Waals surface area (Å²) in [7, 11) is 0. The van der Waals surface area contributed by atoms with Crippen LogP contribution in [0.25, 0.3) is 10.9 Å². The first-order valence-electron chi connectivity index (χ1n) is 6.14. The molecule has 3 atom stereocenters. The lowest BCUT2D eigenvalue weighted by Gasteiger charge is -2.14. The number of rotatable bonds is 2. The molecule has 0 radical (unpaired) electrons. The van der Waals surface area contributed by atoms with Gasteiger partial charge in [-0.1, -0.05) is 0 Å². The topological polar surface area (TPSA) is 114 Å². The first-order valence-corrected chi connectivity index (χ1v) is 7.22. The molecule has 20 heavy (non-hydrogen) atoms. The molecule has 108 valence electrons. The second kappa shape index (κ2) is 5.02. The van der Waals surface area contributed by atoms with E-state index in [4.69, 9.17) is 15.6 Å². The monoisotopic (exact) mass is 391 g/mol. The third-order valence-electron chi connectivity index (χ3n) is 3.50. The maximum absolute atomic E-state index is 11.9. The van der Waals surface area contributed by atoms with E-state index in [-0.39, 0.29) is 18.0 Å². The van der Waals surface area contributed by atoms with Gasteiger partial charge in [-0.3, -0.25) is 4.79 Å². The van der Waals surface area contributed by atoms with Crippen LogP contribution in [-0.2, 0) is 4.74 Å². The zero-order valence-electron chi connectivity index (χ0n) is 10.4. The van der Waals surface area contributed by atoms with E-state index in [9.17, 15) is 9.90 Å². The summed E-state index contributed by atoms with van der Waals surface area (Å²) in [5.41, 5.74) is 6.09. The van der Waals surface area contributed by atoms with Crippen LogP contribution in [0, 0.1) is 3.57 Å². The number of nitrogens with zero attached hydrogens (tertiary/aromatic N) is 1. The molecule has 0 spiro atoms. The Kier molecular flexibility index (Phi) is 3.48. The Morgan fingerprint density at radius 1 is 1.60 bits per heavy atom. The van der Waals surface area contributed by atoms with E-state index in [1.165, 1.54) is 0 Å². The van der Waals surface area contributed by atoms with Crippen LogP contribution in [-0.4, -0.2) is 38.6 Å². The highest BCUT2D eigenvalue weighted by Crippen LogP contribution is 2.33. The molecule has 7 nitrogen and oxygen atoms in total. The normalized spacial score (nSPS) is 26.4. The van der Waals surface area contributed by atoms with E-state index in [1.807, 2.05) is 0 Å². The molecule has 1 aliphatic rings. The van der Waals surface area contributed by atoms with Gasteiger partial charge in [0.1, 0.15) is 18.1 Å². The Balaban J connectivity index is 2.11. The Morgan fingerprint density at radius 2 is 2.35 bits per heavy atom. The summed E-state index contributed by atoms with van der Waals surface area (Å²) in [6.07, 6.45) is 0.401. The molecule has 8 heteroatoms. The molecule has 0 amide bonds. The molecule has 2 aromatic heterocycles. The van der Waals surface area contributed by atoms with Crippen molar-refractivity contribution in [3.8, 4) is 0 Å². The SMILES string of the molecule is Nc1cc2c(c(I)cn2C2CC(O)C(CO)O2)c(=O)[nH]1. The number of nitrogens with one attached hydrogen (secondary N) is 1. The number of ether oxygens (including phenoxy) is 1. The van der Waals surface area contributed by atoms with Crippen LogP contribution < -0.4 is 11.3 Å². The molecule has 0 saturated carbocycles. The van der Waals surface area contributed by atoms with Gasteiger partial charge in [0.15, 0.2) is 0 Å². The first kappa shape index (κ1) is 13.9. The number of hydrogen-bond acceptors (Lipinski definition) is 5. The van der Waals surface area contributed by atoms with Crippen LogP contribution in [0.1, 0.15) is 12.6 Å². The molecule has 2 aromatic rings. The fourth-order valence-electron chi connectivity index (χ4n) is 2.54. The number of H-pyrrole nitrogens is 1. The molecule has 0 aliphatic carbocycles. The van der Waals surface area contributed by atoms with Gasteiger partial charge in [-0.15, -0.1) is 0 Å². The minimum absolute atomic E-state index is 0.239. The summed E-state index contributed by atoms with van der Waals surface area (Å²) in [5, 5.41) is 19.5. The molecular weight excluding hydrogens is 377 g/mol. The van der Waals surface area contributed by atoms with Crippen LogP contribution in [0.3, 0.4) is 0 Å². The van der Waals surface area contributed by atoms with E-state index < -0.39 is 18.4 Å². The van der Waals surface area contributed by atoms with Crippen molar-refractivity contribution in [2.45, 2.75) is 24.9 Å². The third-order valence-corrected chi connectivity index (χ3v) is 4.31. The summed E-state index contributed by atoms with van der Waals surface area (Å²) >= 11 is 2.07. The number of aliphatic hydroxyl groups is 2. The number of halogens is 1. The highest BCUT2D eigenvalue weighted by Gasteiger charge is 2.35. The summed E-state index contributed by atoms with van der Waals surface area (Å²) < 4.78 is 8.18. The van der Waals surface area contributed by atoms with Gasteiger partial charge in [0, 0.05) is 22.3 Å². The van der Waals surface area contributed by atoms with E-state index in [0.29, 0.717) is 17.3 Å². The standard InChI is InChI=1S/C12H14IN3O4/c13-5-3-16(10-2-7(18)8(4-17)20-10)6-1-9(14)15-12(19)11(5)6/h1,3,7-8,10,17-18H,2,4H2,(H3,14,15,19). The van der Waals surface area contributed by atoms with Gasteiger partial charge < -0.3 is 30.2 Å². The van der Waals surface area contributed by atoms with Crippen LogP contribution in [0.15, 0.2) is 17.1 Å². The van der Waals surface area contributed by atoms with E-state index >= 15 is 0 Å². The fourth-order valence-corrected chi connectivity index (χ4v) is 3.37. The van der Waals surface area contributed by atoms with Gasteiger partial charge in [0.2, 0.25) is 0 Å². The maximum atomic E-state index is 11.9. The predicted octanol–water partition coefficient (Wildman–Crippen LogP) is 0.157. The largest absolute Gasteiger partial charge is 0.394 e. The number of anilines is 1. The molecule has 3 unspecified atom stereocenters. The van der Waals surface area contributed by atoms with Crippen molar-refractivity contribution in [3.05, 3.63) is 26.2 Å². The lowest BCUT2D eigenvalue weighted by atomic mass is 10.2. The molecule has 3 rings (SSSR count). The Morgan fingerprint density at radius 3 is 3.00 bits per heavy atom. The quantitative estimate of drug-likeness (QED) is 0.545. The fraction of sp³-hybridized carbons (Fsp3) is 0.417. The zero-order chi connectivity index (χ0) is 14.4. The van der Waals surface area contributed by atoms with Crippen LogP contribution in [0.2, 0.25) is 0 Å². The number of aliphatic hydroxyl groups excluding tert-OH is 2. The van der Waals surface area contributed by atoms with Crippen molar-refractivity contribution < 1.29 is 14.9 Å². The second-order valence-electron chi connectivity index (χ2n) is 4.81. The Hall–Kier alpha value is -1.10. The number of pyridine rings is 1. The minimum Gasteiger partial charge on any atom is -0.394 e. The van der Waals surface area contributed by atoms with E-state index in [2.05, 4.69) is 27.6 Å². The van der Waals surface area contributed by atoms with Gasteiger partial charge >= 0.3 is 0 Å². The number of nitrogen functional groups attached to an aromatic ring is 1. The Labute approximate surface area is 127 Å². The van der Waals surface area contributed by atoms with Crippen molar-refractivity contribution in [2.75, 3.05) is 12.3 Å². The van der Waals surface area contributed by atoms with Crippen molar-refractivity contribution in [3.63, 3.8) is 0 Å². The number of nitrogens with two attached hydrogens (primary N) is 1. The third kappa shape index (κ3) is 2.12. The average molecular weight is 391 g/mol. The number of fused-ring (bicyclic) bond motifs is 1. The van der Waals surface area contributed by atoms with Gasteiger partial charge in [0.25, 0.3) is 5.56 Å². The molecule has 1 saturated heterocycles. The second-order valence-corrected chi connectivity index (χ2v) is 5.98. The number of hydrogen-bond donors (Lipinski definition) is 4. The van der Waals surface area contributed by atoms with E-state index in [0.717, 1.165) is 3.57 Å². The van der Waals surface area contributed by atoms with Gasteiger partial charge in [-0.2, -0.15) is 0 Å². The number of aromatic amines is 1. The van der Waals surface area contributed by atoms with E-state index in [1.54, 1.807) is 16.8 Å². The smallest absolute Gasteiger partial charge is 0.260 e. The molecule has 1 fully saturated rings. The van der Waals surface area contributed by atoms with Crippen LogP contribution in [0.4, 0.5) is 5.82 Å². The molecule has 0 aromatic carbocycles. The maximum Gasteiger partial charge on any atom is 0.260 e. The number of aromatic nitrogens is 2. The first-order chi connectivity index (χ1) is 9.51. The van der Waals surface area contributed by atoms with Crippen molar-refractivity contribution in [1.29, 1.82) is 0 Å². The summed E-state index contributed by atoms with van der Waals surface area (Å²) in [5.74, 6) is 0.274. The van der Waals surface area contributed by atoms with Gasteiger partial charge in [0.05, 0.1) is 23.6 Å². The minimum atomic E-state index is -0.723. The molecule has 3 heterocycles. The van der Waals surface area contributed by atoms with Crippen LogP contribution in [0.5, 0.6) is 0 Å². The van der Waals surface area contributed by atoms with Crippen LogP contribution >= 0.6 is 22.6 Å². The molecule has 0 bridgehead atoms. The summed E-state index contributed by atoms with van der Waals surface area (Å²) in [4.78, 5) is 14.5. The lowest BCUT2D eigenvalue weighted by Crippen LogP contribution is -2.24. The highest BCUT2D eigenvalue weighted by atomic mass is 127. The highest BCUT2D eigenvalue weighted by molar-refractivity contribution is 14.1. The lowest BCUT2D eigenvalue weighted by molar-refractivity contribution is -0.0429.